The molecule has 1 unspecified atom stereocenters. The summed E-state index contributed by atoms with van der Waals surface area (Å²) >= 11 is 0. The first-order valence-corrected chi connectivity index (χ1v) is 10.6. The number of rotatable bonds is 5. The standard InChI is InChI=1S/C23H31N5O/c1-3-19-15-24-22-21-16-28(19)13-6-4-5-12-27(23(21)26-17-25-22)14-11-18-7-9-20(29-2)10-8-18/h4,6-10,17,19H,3,5,11-16H2,1-2H3,(H,24,25,26)/b6-4-/t19-/m1/s1. The predicted octanol–water partition coefficient (Wildman–Crippen LogP) is 3.50. The molecule has 2 aromatic rings. The third-order valence-corrected chi connectivity index (χ3v) is 5.98. The molecule has 6 heteroatoms. The van der Waals surface area contributed by atoms with Crippen molar-refractivity contribution in [3.63, 3.8) is 0 Å². The van der Waals surface area contributed by atoms with Crippen molar-refractivity contribution in [1.82, 2.24) is 14.9 Å². The highest BCUT2D eigenvalue weighted by Crippen LogP contribution is 2.30. The molecule has 1 N–H and O–H groups in total. The van der Waals surface area contributed by atoms with Crippen molar-refractivity contribution in [3.8, 4) is 5.75 Å². The van der Waals surface area contributed by atoms with E-state index in [2.05, 4.69) is 51.3 Å². The molecule has 0 spiro atoms. The Morgan fingerprint density at radius 3 is 2.83 bits per heavy atom. The van der Waals surface area contributed by atoms with Crippen molar-refractivity contribution in [1.29, 1.82) is 0 Å². The first kappa shape index (κ1) is 19.7. The smallest absolute Gasteiger partial charge is 0.138 e. The quantitative estimate of drug-likeness (QED) is 0.785. The SMILES string of the molecule is CC[C@@H]1CNc2ncnc3c2CN1C/C=C\CCN3CCc1ccc(OC)cc1. The molecular formula is C23H31N5O. The predicted molar refractivity (Wildman–Crippen MR) is 118 cm³/mol. The zero-order chi connectivity index (χ0) is 20.1. The van der Waals surface area contributed by atoms with Crippen LogP contribution in [0.5, 0.6) is 5.75 Å². The van der Waals surface area contributed by atoms with Gasteiger partial charge >= 0.3 is 0 Å². The number of hydrogen-bond acceptors (Lipinski definition) is 6. The van der Waals surface area contributed by atoms with Gasteiger partial charge < -0.3 is 15.0 Å². The van der Waals surface area contributed by atoms with Crippen molar-refractivity contribution >= 4 is 11.6 Å². The van der Waals surface area contributed by atoms with Gasteiger partial charge in [-0.1, -0.05) is 31.2 Å². The Labute approximate surface area is 173 Å². The number of hydrogen-bond donors (Lipinski definition) is 1. The summed E-state index contributed by atoms with van der Waals surface area (Å²) < 4.78 is 5.28. The van der Waals surface area contributed by atoms with Crippen molar-refractivity contribution < 1.29 is 4.74 Å². The van der Waals surface area contributed by atoms with Crippen LogP contribution in [0.2, 0.25) is 0 Å². The molecular weight excluding hydrogens is 362 g/mol. The monoisotopic (exact) mass is 393 g/mol. The molecule has 154 valence electrons. The van der Waals surface area contributed by atoms with Crippen LogP contribution < -0.4 is 15.0 Å². The molecule has 4 rings (SSSR count). The van der Waals surface area contributed by atoms with Crippen LogP contribution in [0.25, 0.3) is 0 Å². The van der Waals surface area contributed by atoms with Crippen LogP contribution in [0, 0.1) is 0 Å². The normalized spacial score (nSPS) is 22.3. The highest BCUT2D eigenvalue weighted by Gasteiger charge is 2.26. The number of anilines is 2. The second kappa shape index (κ2) is 9.27. The average molecular weight is 394 g/mol. The van der Waals surface area contributed by atoms with E-state index in [0.29, 0.717) is 6.04 Å². The van der Waals surface area contributed by atoms with E-state index in [-0.39, 0.29) is 0 Å². The van der Waals surface area contributed by atoms with E-state index in [1.54, 1.807) is 13.4 Å². The Morgan fingerprint density at radius 1 is 1.17 bits per heavy atom. The lowest BCUT2D eigenvalue weighted by atomic mass is 10.1. The van der Waals surface area contributed by atoms with E-state index in [1.165, 1.54) is 11.1 Å². The van der Waals surface area contributed by atoms with E-state index in [1.807, 2.05) is 12.1 Å². The van der Waals surface area contributed by atoms with E-state index >= 15 is 0 Å². The van der Waals surface area contributed by atoms with Gasteiger partial charge in [0.05, 0.1) is 12.7 Å². The van der Waals surface area contributed by atoms with Gasteiger partial charge in [0, 0.05) is 38.8 Å². The Hall–Kier alpha value is -2.60. The van der Waals surface area contributed by atoms with Crippen LogP contribution in [0.3, 0.4) is 0 Å². The van der Waals surface area contributed by atoms with Crippen molar-refractivity contribution in [2.45, 2.75) is 38.8 Å². The lowest BCUT2D eigenvalue weighted by Crippen LogP contribution is -2.38. The third-order valence-electron chi connectivity index (χ3n) is 5.98. The number of methoxy groups -OCH3 is 1. The summed E-state index contributed by atoms with van der Waals surface area (Å²) in [5, 5.41) is 3.58. The van der Waals surface area contributed by atoms with Gasteiger partial charge in [-0.3, -0.25) is 4.90 Å². The highest BCUT2D eigenvalue weighted by atomic mass is 16.5. The van der Waals surface area contributed by atoms with Crippen LogP contribution >= 0.6 is 0 Å². The molecule has 0 amide bonds. The van der Waals surface area contributed by atoms with Gasteiger partial charge in [-0.15, -0.1) is 0 Å². The minimum absolute atomic E-state index is 0.508. The summed E-state index contributed by atoms with van der Waals surface area (Å²) in [7, 11) is 1.70. The van der Waals surface area contributed by atoms with Gasteiger partial charge in [0.15, 0.2) is 0 Å². The first-order chi connectivity index (χ1) is 14.3. The fourth-order valence-corrected chi connectivity index (χ4v) is 4.20. The van der Waals surface area contributed by atoms with E-state index in [4.69, 9.17) is 9.72 Å². The Kier molecular flexibility index (Phi) is 6.30. The van der Waals surface area contributed by atoms with Crippen molar-refractivity contribution in [2.24, 2.45) is 0 Å². The van der Waals surface area contributed by atoms with E-state index < -0.39 is 0 Å². The summed E-state index contributed by atoms with van der Waals surface area (Å²) in [4.78, 5) is 14.3. The van der Waals surface area contributed by atoms with Gasteiger partial charge in [0.1, 0.15) is 23.7 Å². The molecule has 0 aliphatic carbocycles. The third kappa shape index (κ3) is 4.53. The van der Waals surface area contributed by atoms with Crippen molar-refractivity contribution in [2.75, 3.05) is 43.5 Å². The minimum Gasteiger partial charge on any atom is -0.497 e. The Bertz CT molecular complexity index is 836. The fraction of sp³-hybridized carbons (Fsp3) is 0.478. The molecule has 2 atom stereocenters. The summed E-state index contributed by atoms with van der Waals surface area (Å²) in [6.45, 7) is 6.96. The van der Waals surface area contributed by atoms with Crippen LogP contribution in [0.1, 0.15) is 30.9 Å². The van der Waals surface area contributed by atoms with Gasteiger partial charge in [0.2, 0.25) is 0 Å². The lowest BCUT2D eigenvalue weighted by molar-refractivity contribution is 0.216. The topological polar surface area (TPSA) is 53.5 Å². The summed E-state index contributed by atoms with van der Waals surface area (Å²) in [5.41, 5.74) is 2.54. The summed E-state index contributed by atoms with van der Waals surface area (Å²) in [6.07, 6.45) is 9.47. The minimum atomic E-state index is 0.508. The zero-order valence-corrected chi connectivity index (χ0v) is 17.5. The molecule has 0 saturated heterocycles. The van der Waals surface area contributed by atoms with Gasteiger partial charge in [-0.2, -0.15) is 0 Å². The molecule has 29 heavy (non-hydrogen) atoms. The maximum absolute atomic E-state index is 5.28. The molecule has 0 saturated carbocycles. The molecule has 0 fully saturated rings. The van der Waals surface area contributed by atoms with Crippen LogP contribution in [-0.4, -0.2) is 54.2 Å². The van der Waals surface area contributed by atoms with Crippen molar-refractivity contribution in [3.05, 3.63) is 53.9 Å². The molecule has 1 aromatic carbocycles. The largest absolute Gasteiger partial charge is 0.497 e. The fourth-order valence-electron chi connectivity index (χ4n) is 4.20. The number of aromatic nitrogens is 2. The van der Waals surface area contributed by atoms with Crippen LogP contribution in [0.15, 0.2) is 42.7 Å². The summed E-state index contributed by atoms with van der Waals surface area (Å²) in [5.74, 6) is 2.97. The van der Waals surface area contributed by atoms with Gasteiger partial charge in [-0.25, -0.2) is 9.97 Å². The lowest BCUT2D eigenvalue weighted by Gasteiger charge is -2.30. The molecule has 1 aromatic heterocycles. The highest BCUT2D eigenvalue weighted by molar-refractivity contribution is 5.59. The number of nitrogens with one attached hydrogen (secondary N) is 1. The summed E-state index contributed by atoms with van der Waals surface area (Å²) in [6, 6.07) is 8.87. The maximum atomic E-state index is 5.28. The van der Waals surface area contributed by atoms with Gasteiger partial charge in [-0.05, 0) is 37.0 Å². The second-order valence-electron chi connectivity index (χ2n) is 7.74. The molecule has 2 aliphatic heterocycles. The van der Waals surface area contributed by atoms with E-state index in [9.17, 15) is 0 Å². The maximum Gasteiger partial charge on any atom is 0.138 e. The van der Waals surface area contributed by atoms with Crippen LogP contribution in [-0.2, 0) is 13.0 Å². The zero-order valence-electron chi connectivity index (χ0n) is 17.5. The van der Waals surface area contributed by atoms with E-state index in [0.717, 1.165) is 69.4 Å². The number of benzene rings is 1. The Balaban J connectivity index is 1.60. The molecule has 2 aliphatic rings. The van der Waals surface area contributed by atoms with Gasteiger partial charge in [0.25, 0.3) is 0 Å². The number of nitrogens with zero attached hydrogens (tertiary/aromatic N) is 4. The first-order valence-electron chi connectivity index (χ1n) is 10.6. The molecule has 6 nitrogen and oxygen atoms in total. The average Bonchev–Trinajstić information content (AvgIpc) is 2.95. The molecule has 2 bridgehead atoms. The second-order valence-corrected chi connectivity index (χ2v) is 7.74. The Morgan fingerprint density at radius 2 is 2.03 bits per heavy atom. The van der Waals surface area contributed by atoms with Crippen LogP contribution in [0.4, 0.5) is 11.6 Å². The molecule has 3 heterocycles. The number of ether oxygens (including phenoxy) is 1. The number of fused-ring (bicyclic) bond motifs is 1. The molecule has 0 radical (unpaired) electrons.